The minimum absolute atomic E-state index is 0.302. The van der Waals surface area contributed by atoms with E-state index >= 15 is 0 Å². The van der Waals surface area contributed by atoms with E-state index in [0.29, 0.717) is 17.6 Å². The molecule has 2 aliphatic rings. The maximum atomic E-state index is 12.7. The first-order valence-electron chi connectivity index (χ1n) is 7.68. The fraction of sp³-hybridized carbons (Fsp3) is 0.353. The van der Waals surface area contributed by atoms with Crippen LogP contribution in [0.5, 0.6) is 0 Å². The summed E-state index contributed by atoms with van der Waals surface area (Å²) >= 11 is 0. The molecule has 0 aliphatic carbocycles. The Morgan fingerprint density at radius 1 is 1.13 bits per heavy atom. The lowest BCUT2D eigenvalue weighted by Gasteiger charge is -2.24. The topological polar surface area (TPSA) is 88.5 Å². The average molecular weight is 312 g/mol. The zero-order valence-corrected chi connectivity index (χ0v) is 12.3. The van der Waals surface area contributed by atoms with E-state index in [2.05, 4.69) is 10.3 Å². The molecule has 0 spiro atoms. The van der Waals surface area contributed by atoms with Gasteiger partial charge in [0, 0.05) is 11.6 Å². The number of nitrogens with zero attached hydrogens (tertiary/aromatic N) is 1. The number of para-hydroxylation sites is 1. The van der Waals surface area contributed by atoms with Gasteiger partial charge in [-0.3, -0.25) is 14.6 Å². The number of carboxylic acids is 1. The number of amides is 1. The van der Waals surface area contributed by atoms with Crippen molar-refractivity contribution in [1.82, 2.24) is 4.98 Å². The molecule has 2 saturated heterocycles. The lowest BCUT2D eigenvalue weighted by Crippen LogP contribution is -2.41. The standard InChI is InChI=1S/C17H16N2O4/c20-16(13-11-6-7-12(23-11)14(13)17(21)22)19-10-5-1-3-9-4-2-8-18-15(9)10/h1-5,8,11-14H,6-7H2,(H,19,20)(H,21,22)/t11-,12+,13+,14+/m1/s1. The Balaban J connectivity index is 1.63. The van der Waals surface area contributed by atoms with Gasteiger partial charge in [-0.05, 0) is 25.0 Å². The van der Waals surface area contributed by atoms with E-state index in [4.69, 9.17) is 4.74 Å². The third-order valence-corrected chi connectivity index (χ3v) is 4.75. The molecule has 1 aromatic heterocycles. The third-order valence-electron chi connectivity index (χ3n) is 4.75. The van der Waals surface area contributed by atoms with Crippen molar-refractivity contribution in [3.63, 3.8) is 0 Å². The highest BCUT2D eigenvalue weighted by Gasteiger charge is 2.55. The molecule has 0 radical (unpaired) electrons. The number of carboxylic acid groups (broad SMARTS) is 1. The number of aliphatic carboxylic acids is 1. The molecule has 4 rings (SSSR count). The highest BCUT2D eigenvalue weighted by Crippen LogP contribution is 2.44. The maximum absolute atomic E-state index is 12.7. The highest BCUT2D eigenvalue weighted by atomic mass is 16.5. The molecular weight excluding hydrogens is 296 g/mol. The fourth-order valence-electron chi connectivity index (χ4n) is 3.75. The van der Waals surface area contributed by atoms with Crippen molar-refractivity contribution in [3.05, 3.63) is 36.5 Å². The van der Waals surface area contributed by atoms with Crippen LogP contribution < -0.4 is 5.32 Å². The summed E-state index contributed by atoms with van der Waals surface area (Å²) in [4.78, 5) is 28.5. The number of pyridine rings is 1. The van der Waals surface area contributed by atoms with E-state index in [0.717, 1.165) is 11.8 Å². The van der Waals surface area contributed by atoms with Crippen molar-refractivity contribution in [1.29, 1.82) is 0 Å². The monoisotopic (exact) mass is 312 g/mol. The van der Waals surface area contributed by atoms with Gasteiger partial charge in [-0.1, -0.05) is 18.2 Å². The number of hydrogen-bond donors (Lipinski definition) is 2. The van der Waals surface area contributed by atoms with Gasteiger partial charge in [-0.25, -0.2) is 0 Å². The first kappa shape index (κ1) is 14.1. The predicted octanol–water partition coefficient (Wildman–Crippen LogP) is 2.05. The number of carbonyl (C=O) groups excluding carboxylic acids is 1. The van der Waals surface area contributed by atoms with Gasteiger partial charge in [-0.15, -0.1) is 0 Å². The molecule has 4 atom stereocenters. The summed E-state index contributed by atoms with van der Waals surface area (Å²) in [5.41, 5.74) is 1.29. The number of ether oxygens (including phenoxy) is 1. The van der Waals surface area contributed by atoms with Crippen LogP contribution >= 0.6 is 0 Å². The number of fused-ring (bicyclic) bond motifs is 3. The summed E-state index contributed by atoms with van der Waals surface area (Å²) in [5, 5.41) is 13.2. The molecule has 6 heteroatoms. The van der Waals surface area contributed by atoms with Gasteiger partial charge in [0.1, 0.15) is 0 Å². The largest absolute Gasteiger partial charge is 0.481 e. The number of nitrogens with one attached hydrogen (secondary N) is 1. The van der Waals surface area contributed by atoms with Gasteiger partial charge in [-0.2, -0.15) is 0 Å². The molecule has 1 aromatic carbocycles. The molecule has 2 fully saturated rings. The molecule has 2 aliphatic heterocycles. The van der Waals surface area contributed by atoms with E-state index in [-0.39, 0.29) is 18.1 Å². The van der Waals surface area contributed by atoms with E-state index in [1.165, 1.54) is 0 Å². The Hall–Kier alpha value is -2.47. The molecule has 2 bridgehead atoms. The molecule has 118 valence electrons. The smallest absolute Gasteiger partial charge is 0.310 e. The fourth-order valence-corrected chi connectivity index (χ4v) is 3.75. The van der Waals surface area contributed by atoms with Crippen LogP contribution in [0.2, 0.25) is 0 Å². The quantitative estimate of drug-likeness (QED) is 0.905. The normalized spacial score (nSPS) is 28.9. The minimum atomic E-state index is -0.964. The molecule has 1 amide bonds. The number of rotatable bonds is 3. The van der Waals surface area contributed by atoms with E-state index in [1.54, 1.807) is 12.3 Å². The maximum Gasteiger partial charge on any atom is 0.310 e. The molecular formula is C17H16N2O4. The van der Waals surface area contributed by atoms with Crippen LogP contribution in [-0.4, -0.2) is 34.2 Å². The third kappa shape index (κ3) is 2.26. The molecule has 2 aromatic rings. The molecule has 23 heavy (non-hydrogen) atoms. The molecule has 6 nitrogen and oxygen atoms in total. The lowest BCUT2D eigenvalue weighted by molar-refractivity contribution is -0.147. The van der Waals surface area contributed by atoms with Gasteiger partial charge < -0.3 is 15.2 Å². The van der Waals surface area contributed by atoms with Crippen molar-refractivity contribution >= 4 is 28.5 Å². The SMILES string of the molecule is O=C(O)[C@@H]1[C@@H](C(=O)Nc2cccc3cccnc23)[C@H]2CC[C@@H]1O2. The van der Waals surface area contributed by atoms with E-state index < -0.39 is 17.8 Å². The van der Waals surface area contributed by atoms with Crippen LogP contribution in [0.3, 0.4) is 0 Å². The van der Waals surface area contributed by atoms with Gasteiger partial charge in [0.2, 0.25) is 5.91 Å². The Bertz CT molecular complexity index is 786. The first-order chi connectivity index (χ1) is 11.1. The summed E-state index contributed by atoms with van der Waals surface area (Å²) in [6, 6.07) is 9.28. The van der Waals surface area contributed by atoms with Crippen LogP contribution in [0.4, 0.5) is 5.69 Å². The van der Waals surface area contributed by atoms with E-state index in [9.17, 15) is 14.7 Å². The minimum Gasteiger partial charge on any atom is -0.481 e. The number of benzene rings is 1. The van der Waals surface area contributed by atoms with Crippen LogP contribution in [0.25, 0.3) is 10.9 Å². The van der Waals surface area contributed by atoms with Crippen LogP contribution in [-0.2, 0) is 14.3 Å². The second-order valence-electron chi connectivity index (χ2n) is 6.05. The number of aromatic nitrogens is 1. The summed E-state index contributed by atoms with van der Waals surface area (Å²) in [6.45, 7) is 0. The van der Waals surface area contributed by atoms with Crippen LogP contribution in [0.1, 0.15) is 12.8 Å². The van der Waals surface area contributed by atoms with Crippen molar-refractivity contribution in [2.45, 2.75) is 25.0 Å². The van der Waals surface area contributed by atoms with Crippen molar-refractivity contribution in [3.8, 4) is 0 Å². The summed E-state index contributed by atoms with van der Waals surface area (Å²) < 4.78 is 5.65. The predicted molar refractivity (Wildman–Crippen MR) is 82.9 cm³/mol. The Morgan fingerprint density at radius 2 is 1.87 bits per heavy atom. The van der Waals surface area contributed by atoms with Gasteiger partial charge >= 0.3 is 5.97 Å². The Labute approximate surface area is 132 Å². The highest BCUT2D eigenvalue weighted by molar-refractivity contribution is 6.02. The first-order valence-corrected chi connectivity index (χ1v) is 7.68. The summed E-state index contributed by atoms with van der Waals surface area (Å²) in [5.74, 6) is -2.68. The van der Waals surface area contributed by atoms with E-state index in [1.807, 2.05) is 24.3 Å². The van der Waals surface area contributed by atoms with Crippen LogP contribution in [0, 0.1) is 11.8 Å². The Kier molecular flexibility index (Phi) is 3.27. The molecule has 3 heterocycles. The zero-order valence-electron chi connectivity index (χ0n) is 12.3. The second kappa shape index (κ2) is 5.31. The van der Waals surface area contributed by atoms with Gasteiger partial charge in [0.25, 0.3) is 0 Å². The molecule has 0 unspecified atom stereocenters. The number of hydrogen-bond acceptors (Lipinski definition) is 4. The second-order valence-corrected chi connectivity index (χ2v) is 6.05. The zero-order chi connectivity index (χ0) is 16.0. The van der Waals surface area contributed by atoms with Gasteiger partial charge in [0.15, 0.2) is 0 Å². The van der Waals surface area contributed by atoms with Crippen molar-refractivity contribution in [2.24, 2.45) is 11.8 Å². The average Bonchev–Trinajstić information content (AvgIpc) is 3.16. The van der Waals surface area contributed by atoms with Crippen LogP contribution in [0.15, 0.2) is 36.5 Å². The van der Waals surface area contributed by atoms with Crippen molar-refractivity contribution < 1.29 is 19.4 Å². The summed E-state index contributed by atoms with van der Waals surface area (Å²) in [7, 11) is 0. The number of anilines is 1. The lowest BCUT2D eigenvalue weighted by atomic mass is 9.78. The van der Waals surface area contributed by atoms with Crippen molar-refractivity contribution in [2.75, 3.05) is 5.32 Å². The molecule has 0 saturated carbocycles. The van der Waals surface area contributed by atoms with Gasteiger partial charge in [0.05, 0.1) is 35.2 Å². The Morgan fingerprint density at radius 3 is 2.65 bits per heavy atom. The number of carbonyl (C=O) groups is 2. The summed E-state index contributed by atoms with van der Waals surface area (Å²) in [6.07, 6.45) is 2.46. The molecule has 2 N–H and O–H groups in total.